The number of hydrogen-bond acceptors (Lipinski definition) is 3. The fourth-order valence-electron chi connectivity index (χ4n) is 0.987. The molecule has 0 spiro atoms. The lowest BCUT2D eigenvalue weighted by molar-refractivity contribution is 0.227. The Hall–Kier alpha value is -0.823. The zero-order chi connectivity index (χ0) is 10.1. The summed E-state index contributed by atoms with van der Waals surface area (Å²) in [6.45, 7) is 0. The van der Waals surface area contributed by atoms with Crippen molar-refractivity contribution in [3.63, 3.8) is 0 Å². The molecular weight excluding hydrogens is 198 g/mol. The summed E-state index contributed by atoms with van der Waals surface area (Å²) in [6, 6.07) is 2.03. The first-order chi connectivity index (χ1) is 5.87. The first-order valence-corrected chi connectivity index (χ1v) is 5.54. The Kier molecular flexibility index (Phi) is 2.76. The van der Waals surface area contributed by atoms with E-state index in [2.05, 4.69) is 0 Å². The lowest BCUT2D eigenvalue weighted by Crippen LogP contribution is -2.37. The fraction of sp³-hybridized carbons (Fsp3) is 0.143. The predicted molar refractivity (Wildman–Crippen MR) is 42.5 cm³/mol. The molecule has 0 amide bonds. The molecule has 0 bridgehead atoms. The Bertz CT molecular complexity index is 291. The SMILES string of the molecule is O[Si](O)(O)Cc1cc(F)cc(F)c1. The molecule has 3 N–H and O–H groups in total. The van der Waals surface area contributed by atoms with Crippen molar-refractivity contribution in [2.45, 2.75) is 6.04 Å². The Morgan fingerprint density at radius 2 is 1.46 bits per heavy atom. The Balaban J connectivity index is 2.90. The molecule has 0 heterocycles. The van der Waals surface area contributed by atoms with Gasteiger partial charge in [0.05, 0.1) is 0 Å². The van der Waals surface area contributed by atoms with Crippen LogP contribution in [0, 0.1) is 11.6 Å². The van der Waals surface area contributed by atoms with E-state index in [1.165, 1.54) is 0 Å². The molecular formula is C7H8F2O3Si. The van der Waals surface area contributed by atoms with Crippen LogP contribution in [-0.2, 0) is 6.04 Å². The minimum Gasteiger partial charge on any atom is -0.390 e. The molecule has 0 radical (unpaired) electrons. The third-order valence-corrected chi connectivity index (χ3v) is 2.25. The van der Waals surface area contributed by atoms with Crippen molar-refractivity contribution in [2.75, 3.05) is 0 Å². The average Bonchev–Trinajstić information content (AvgIpc) is 1.78. The van der Waals surface area contributed by atoms with Crippen molar-refractivity contribution >= 4 is 8.80 Å². The van der Waals surface area contributed by atoms with Crippen LogP contribution in [0.1, 0.15) is 5.56 Å². The largest absolute Gasteiger partial charge is 0.497 e. The zero-order valence-electron chi connectivity index (χ0n) is 6.54. The Morgan fingerprint density at radius 3 is 1.85 bits per heavy atom. The molecule has 72 valence electrons. The molecule has 0 saturated carbocycles. The van der Waals surface area contributed by atoms with Crippen molar-refractivity contribution in [3.8, 4) is 0 Å². The van der Waals surface area contributed by atoms with E-state index >= 15 is 0 Å². The number of rotatable bonds is 2. The number of halogens is 2. The summed E-state index contributed by atoms with van der Waals surface area (Å²) in [5, 5.41) is 0. The van der Waals surface area contributed by atoms with E-state index in [-0.39, 0.29) is 5.56 Å². The van der Waals surface area contributed by atoms with E-state index in [0.29, 0.717) is 6.07 Å². The molecule has 0 unspecified atom stereocenters. The summed E-state index contributed by atoms with van der Waals surface area (Å²) in [7, 11) is -4.28. The first-order valence-electron chi connectivity index (χ1n) is 3.49. The molecule has 3 nitrogen and oxygen atoms in total. The second-order valence-electron chi connectivity index (χ2n) is 2.73. The van der Waals surface area contributed by atoms with E-state index in [9.17, 15) is 8.78 Å². The quantitative estimate of drug-likeness (QED) is 0.595. The monoisotopic (exact) mass is 206 g/mol. The van der Waals surface area contributed by atoms with Crippen LogP contribution in [0.15, 0.2) is 18.2 Å². The van der Waals surface area contributed by atoms with Gasteiger partial charge in [0, 0.05) is 12.1 Å². The Morgan fingerprint density at radius 1 is 1.00 bits per heavy atom. The Labute approximate surface area is 74.3 Å². The lowest BCUT2D eigenvalue weighted by Gasteiger charge is -2.08. The van der Waals surface area contributed by atoms with Crippen LogP contribution in [-0.4, -0.2) is 23.2 Å². The van der Waals surface area contributed by atoms with Gasteiger partial charge in [0.25, 0.3) is 0 Å². The highest BCUT2D eigenvalue weighted by Crippen LogP contribution is 2.10. The van der Waals surface area contributed by atoms with Gasteiger partial charge in [-0.2, -0.15) is 0 Å². The van der Waals surface area contributed by atoms with Gasteiger partial charge < -0.3 is 14.4 Å². The maximum atomic E-state index is 12.5. The minimum absolute atomic E-state index is 0.0247. The highest BCUT2D eigenvalue weighted by Gasteiger charge is 2.27. The highest BCUT2D eigenvalue weighted by atomic mass is 28.4. The zero-order valence-corrected chi connectivity index (χ0v) is 7.54. The van der Waals surface area contributed by atoms with E-state index in [0.717, 1.165) is 12.1 Å². The predicted octanol–water partition coefficient (Wildman–Crippen LogP) is -0.0377. The van der Waals surface area contributed by atoms with Gasteiger partial charge in [-0.15, -0.1) is 0 Å². The van der Waals surface area contributed by atoms with Crippen molar-refractivity contribution in [3.05, 3.63) is 35.4 Å². The van der Waals surface area contributed by atoms with Gasteiger partial charge in [-0.05, 0) is 17.7 Å². The topological polar surface area (TPSA) is 60.7 Å². The first kappa shape index (κ1) is 10.3. The van der Waals surface area contributed by atoms with Crippen LogP contribution < -0.4 is 0 Å². The van der Waals surface area contributed by atoms with E-state index in [1.54, 1.807) is 0 Å². The number of benzene rings is 1. The molecule has 1 aromatic rings. The van der Waals surface area contributed by atoms with Gasteiger partial charge in [0.1, 0.15) is 11.6 Å². The summed E-state index contributed by atoms with van der Waals surface area (Å²) >= 11 is 0. The summed E-state index contributed by atoms with van der Waals surface area (Å²) < 4.78 is 25.1. The van der Waals surface area contributed by atoms with Crippen molar-refractivity contribution < 1.29 is 23.2 Å². The molecule has 0 atom stereocenters. The molecule has 13 heavy (non-hydrogen) atoms. The van der Waals surface area contributed by atoms with Gasteiger partial charge in [0.15, 0.2) is 0 Å². The van der Waals surface area contributed by atoms with Gasteiger partial charge in [0.2, 0.25) is 0 Å². The third-order valence-electron chi connectivity index (χ3n) is 1.36. The van der Waals surface area contributed by atoms with Crippen LogP contribution in [0.25, 0.3) is 0 Å². The third kappa shape index (κ3) is 3.60. The molecule has 1 rings (SSSR count). The maximum absolute atomic E-state index is 12.5. The van der Waals surface area contributed by atoms with Gasteiger partial charge in [-0.1, -0.05) is 0 Å². The fourth-order valence-corrected chi connectivity index (χ4v) is 1.74. The average molecular weight is 206 g/mol. The molecule has 0 aliphatic rings. The van der Waals surface area contributed by atoms with Crippen molar-refractivity contribution in [1.29, 1.82) is 0 Å². The van der Waals surface area contributed by atoms with Crippen molar-refractivity contribution in [1.82, 2.24) is 0 Å². The van der Waals surface area contributed by atoms with Crippen LogP contribution in [0.2, 0.25) is 0 Å². The van der Waals surface area contributed by atoms with Crippen LogP contribution >= 0.6 is 0 Å². The molecule has 0 aliphatic heterocycles. The van der Waals surface area contributed by atoms with Crippen LogP contribution in [0.3, 0.4) is 0 Å². The van der Waals surface area contributed by atoms with Gasteiger partial charge in [-0.3, -0.25) is 0 Å². The molecule has 6 heteroatoms. The van der Waals surface area contributed by atoms with Gasteiger partial charge in [-0.25, -0.2) is 8.78 Å². The molecule has 0 fully saturated rings. The van der Waals surface area contributed by atoms with Gasteiger partial charge >= 0.3 is 8.80 Å². The molecule has 0 saturated heterocycles. The molecule has 0 aliphatic carbocycles. The summed E-state index contributed by atoms with van der Waals surface area (Å²) in [5.74, 6) is -1.62. The number of hydrogen-bond donors (Lipinski definition) is 3. The van der Waals surface area contributed by atoms with E-state index < -0.39 is 26.5 Å². The maximum Gasteiger partial charge on any atom is 0.497 e. The van der Waals surface area contributed by atoms with E-state index in [1.807, 2.05) is 0 Å². The second kappa shape index (κ2) is 3.50. The standard InChI is InChI=1S/C7H8F2O3Si/c8-6-1-5(2-7(9)3-6)4-13(10,11)12/h1-3,10-12H,4H2. The normalized spacial score (nSPS) is 11.8. The van der Waals surface area contributed by atoms with Crippen molar-refractivity contribution in [2.24, 2.45) is 0 Å². The molecule has 0 aromatic heterocycles. The van der Waals surface area contributed by atoms with Crippen LogP contribution in [0.4, 0.5) is 8.78 Å². The van der Waals surface area contributed by atoms with E-state index in [4.69, 9.17) is 14.4 Å². The summed E-state index contributed by atoms with van der Waals surface area (Å²) in [4.78, 5) is 26.0. The summed E-state index contributed by atoms with van der Waals surface area (Å²) in [5.41, 5.74) is 0.0247. The van der Waals surface area contributed by atoms with Crippen LogP contribution in [0.5, 0.6) is 0 Å². The molecule has 1 aromatic carbocycles. The smallest absolute Gasteiger partial charge is 0.390 e. The lowest BCUT2D eigenvalue weighted by atomic mass is 10.2. The second-order valence-corrected chi connectivity index (χ2v) is 4.63. The summed E-state index contributed by atoms with van der Waals surface area (Å²) in [6.07, 6.45) is 0. The minimum atomic E-state index is -4.28. The highest BCUT2D eigenvalue weighted by molar-refractivity contribution is 6.55.